The monoisotopic (exact) mass is 261 g/mol. The molecule has 1 N–H and O–H groups in total. The van der Waals surface area contributed by atoms with Gasteiger partial charge in [-0.2, -0.15) is 0 Å². The van der Waals surface area contributed by atoms with Crippen molar-refractivity contribution in [2.24, 2.45) is 0 Å². The van der Waals surface area contributed by atoms with Crippen LogP contribution in [0.15, 0.2) is 23.7 Å². The molecule has 3 heterocycles. The number of thiophene rings is 1. The van der Waals surface area contributed by atoms with Crippen LogP contribution in [0.25, 0.3) is 0 Å². The molecule has 2 aromatic heterocycles. The van der Waals surface area contributed by atoms with E-state index in [1.54, 1.807) is 0 Å². The highest BCUT2D eigenvalue weighted by Crippen LogP contribution is 2.32. The second kappa shape index (κ2) is 4.12. The largest absolute Gasteiger partial charge is 0.348 e. The summed E-state index contributed by atoms with van der Waals surface area (Å²) < 4.78 is 2.24. The molecule has 0 bridgehead atoms. The lowest BCUT2D eigenvalue weighted by Crippen LogP contribution is -2.21. The van der Waals surface area contributed by atoms with Gasteiger partial charge in [-0.3, -0.25) is 0 Å². The Labute approximate surface area is 112 Å². The number of anilines is 1. The smallest absolute Gasteiger partial charge is 0.203 e. The van der Waals surface area contributed by atoms with Crippen LogP contribution >= 0.6 is 11.3 Å². The number of aryl methyl sites for hydroxylation is 1. The highest BCUT2D eigenvalue weighted by Gasteiger charge is 2.25. The SMILES string of the molecule is CC(C)(C)c1cn2c(n1)NC(c1cccs1)CC2. The van der Waals surface area contributed by atoms with Gasteiger partial charge < -0.3 is 9.88 Å². The molecule has 0 saturated heterocycles. The number of nitrogens with one attached hydrogen (secondary N) is 1. The molecule has 0 saturated carbocycles. The number of rotatable bonds is 1. The molecule has 1 atom stereocenters. The quantitative estimate of drug-likeness (QED) is 0.846. The molecule has 0 aliphatic carbocycles. The van der Waals surface area contributed by atoms with Gasteiger partial charge in [-0.05, 0) is 17.9 Å². The average Bonchev–Trinajstić information content (AvgIpc) is 2.96. The fraction of sp³-hybridized carbons (Fsp3) is 0.500. The number of imidazole rings is 1. The summed E-state index contributed by atoms with van der Waals surface area (Å²) in [6, 6.07) is 4.74. The molecule has 0 amide bonds. The van der Waals surface area contributed by atoms with Crippen LogP contribution in [-0.2, 0) is 12.0 Å². The lowest BCUT2D eigenvalue weighted by atomic mass is 9.93. The van der Waals surface area contributed by atoms with E-state index in [-0.39, 0.29) is 5.41 Å². The van der Waals surface area contributed by atoms with Crippen LogP contribution in [0.1, 0.15) is 43.8 Å². The van der Waals surface area contributed by atoms with Crippen LogP contribution in [0.2, 0.25) is 0 Å². The van der Waals surface area contributed by atoms with Crippen molar-refractivity contribution < 1.29 is 0 Å². The first-order valence-corrected chi connectivity index (χ1v) is 7.29. The fourth-order valence-electron chi connectivity index (χ4n) is 2.26. The first-order chi connectivity index (χ1) is 8.54. The zero-order chi connectivity index (χ0) is 12.8. The van der Waals surface area contributed by atoms with Crippen molar-refractivity contribution in [3.8, 4) is 0 Å². The van der Waals surface area contributed by atoms with E-state index in [1.807, 2.05) is 11.3 Å². The summed E-state index contributed by atoms with van der Waals surface area (Å²) in [6.45, 7) is 7.67. The van der Waals surface area contributed by atoms with E-state index in [4.69, 9.17) is 4.98 Å². The molecule has 4 heteroatoms. The maximum absolute atomic E-state index is 4.74. The molecular weight excluding hydrogens is 242 g/mol. The fourth-order valence-corrected chi connectivity index (χ4v) is 3.07. The minimum Gasteiger partial charge on any atom is -0.348 e. The molecule has 0 aromatic carbocycles. The van der Waals surface area contributed by atoms with Crippen LogP contribution < -0.4 is 5.32 Å². The van der Waals surface area contributed by atoms with Crippen molar-refractivity contribution in [1.29, 1.82) is 0 Å². The molecule has 2 aromatic rings. The Kier molecular flexibility index (Phi) is 2.70. The van der Waals surface area contributed by atoms with Gasteiger partial charge in [0.15, 0.2) is 0 Å². The Morgan fingerprint density at radius 2 is 2.28 bits per heavy atom. The summed E-state index contributed by atoms with van der Waals surface area (Å²) >= 11 is 1.82. The lowest BCUT2D eigenvalue weighted by Gasteiger charge is -2.24. The zero-order valence-corrected chi connectivity index (χ0v) is 11.9. The number of aromatic nitrogens is 2. The minimum atomic E-state index is 0.116. The maximum Gasteiger partial charge on any atom is 0.203 e. The number of fused-ring (bicyclic) bond motifs is 1. The van der Waals surface area contributed by atoms with Gasteiger partial charge in [0.2, 0.25) is 5.95 Å². The normalized spacial score (nSPS) is 19.4. The summed E-state index contributed by atoms with van der Waals surface area (Å²) in [7, 11) is 0. The van der Waals surface area contributed by atoms with E-state index >= 15 is 0 Å². The Hall–Kier alpha value is -1.29. The molecule has 1 unspecified atom stereocenters. The molecule has 3 nitrogen and oxygen atoms in total. The van der Waals surface area contributed by atoms with Crippen LogP contribution in [0, 0.1) is 0 Å². The highest BCUT2D eigenvalue weighted by molar-refractivity contribution is 7.10. The van der Waals surface area contributed by atoms with Crippen molar-refractivity contribution in [2.75, 3.05) is 5.32 Å². The van der Waals surface area contributed by atoms with Crippen LogP contribution in [0.5, 0.6) is 0 Å². The zero-order valence-electron chi connectivity index (χ0n) is 11.1. The number of hydrogen-bond acceptors (Lipinski definition) is 3. The van der Waals surface area contributed by atoms with Crippen LogP contribution in [0.4, 0.5) is 5.95 Å². The standard InChI is InChI=1S/C14H19N3S/c1-14(2,3)12-9-17-7-6-10(15-13(17)16-12)11-5-4-8-18-11/h4-5,8-10H,6-7H2,1-3H3,(H,15,16). The Bertz CT molecular complexity index is 534. The molecule has 1 aliphatic rings. The van der Waals surface area contributed by atoms with Gasteiger partial charge >= 0.3 is 0 Å². The molecule has 1 aliphatic heterocycles. The summed E-state index contributed by atoms with van der Waals surface area (Å²) in [5, 5.41) is 5.69. The van der Waals surface area contributed by atoms with Crippen molar-refractivity contribution in [1.82, 2.24) is 9.55 Å². The maximum atomic E-state index is 4.74. The minimum absolute atomic E-state index is 0.116. The van der Waals surface area contributed by atoms with Crippen molar-refractivity contribution in [3.63, 3.8) is 0 Å². The van der Waals surface area contributed by atoms with Crippen molar-refractivity contribution in [3.05, 3.63) is 34.3 Å². The second-order valence-electron chi connectivity index (χ2n) is 5.89. The van der Waals surface area contributed by atoms with Gasteiger partial charge in [-0.25, -0.2) is 4.98 Å². The Morgan fingerprint density at radius 1 is 1.44 bits per heavy atom. The third-order valence-corrected chi connectivity index (χ3v) is 4.38. The van der Waals surface area contributed by atoms with Crippen LogP contribution in [-0.4, -0.2) is 9.55 Å². The molecule has 96 valence electrons. The van der Waals surface area contributed by atoms with E-state index < -0.39 is 0 Å². The van der Waals surface area contributed by atoms with Gasteiger partial charge in [0, 0.05) is 23.0 Å². The van der Waals surface area contributed by atoms with Crippen molar-refractivity contribution >= 4 is 17.3 Å². The predicted molar refractivity (Wildman–Crippen MR) is 76.2 cm³/mol. The summed E-state index contributed by atoms with van der Waals surface area (Å²) in [5.41, 5.74) is 1.28. The topological polar surface area (TPSA) is 29.9 Å². The van der Waals surface area contributed by atoms with Gasteiger partial charge in [-0.15, -0.1) is 11.3 Å². The first kappa shape index (κ1) is 11.8. The Balaban J connectivity index is 1.87. The molecular formula is C14H19N3S. The average molecular weight is 261 g/mol. The third-order valence-electron chi connectivity index (χ3n) is 3.39. The van der Waals surface area contributed by atoms with Crippen LogP contribution in [0.3, 0.4) is 0 Å². The first-order valence-electron chi connectivity index (χ1n) is 6.41. The summed E-state index contributed by atoms with van der Waals surface area (Å²) in [4.78, 5) is 6.14. The van der Waals surface area contributed by atoms with Gasteiger partial charge in [0.05, 0.1) is 11.7 Å². The molecule has 0 fully saturated rings. The van der Waals surface area contributed by atoms with E-state index in [1.165, 1.54) is 4.88 Å². The van der Waals surface area contributed by atoms with E-state index in [2.05, 4.69) is 54.4 Å². The second-order valence-corrected chi connectivity index (χ2v) is 6.87. The molecule has 0 spiro atoms. The lowest BCUT2D eigenvalue weighted by molar-refractivity contribution is 0.545. The Morgan fingerprint density at radius 3 is 2.94 bits per heavy atom. The van der Waals surface area contributed by atoms with E-state index in [0.29, 0.717) is 6.04 Å². The molecule has 18 heavy (non-hydrogen) atoms. The van der Waals surface area contributed by atoms with E-state index in [0.717, 1.165) is 24.6 Å². The highest BCUT2D eigenvalue weighted by atomic mass is 32.1. The van der Waals surface area contributed by atoms with Gasteiger partial charge in [0.25, 0.3) is 0 Å². The number of nitrogens with zero attached hydrogens (tertiary/aromatic N) is 2. The summed E-state index contributed by atoms with van der Waals surface area (Å²) in [5.74, 6) is 1.02. The predicted octanol–water partition coefficient (Wildman–Crippen LogP) is 3.80. The molecule has 3 rings (SSSR count). The van der Waals surface area contributed by atoms with E-state index in [9.17, 15) is 0 Å². The third kappa shape index (κ3) is 2.05. The number of hydrogen-bond donors (Lipinski definition) is 1. The van der Waals surface area contributed by atoms with Gasteiger partial charge in [0.1, 0.15) is 0 Å². The van der Waals surface area contributed by atoms with Gasteiger partial charge in [-0.1, -0.05) is 26.8 Å². The molecule has 0 radical (unpaired) electrons. The van der Waals surface area contributed by atoms with Crippen molar-refractivity contribution in [2.45, 2.75) is 45.2 Å². The summed E-state index contributed by atoms with van der Waals surface area (Å²) in [6.07, 6.45) is 3.32.